The van der Waals surface area contributed by atoms with Crippen molar-refractivity contribution in [1.82, 2.24) is 14.5 Å². The smallest absolute Gasteiger partial charge is 0.250 e. The van der Waals surface area contributed by atoms with Gasteiger partial charge in [-0.3, -0.25) is 9.59 Å². The standard InChI is InChI=1S/C24H24N4O3S3/c1-31-18-7-5-16(6-8-18)19-13-33-23(25-19)26-21(29)14-34-24(32)27-10-15-9-17(12-27)20-3-2-4-22(30)28(20)11-15/h2-8,13,15,17H,9-12,14H2,1H3,(H,25,26,29)/t15-,17-/m0/s1. The molecular weight excluding hydrogens is 488 g/mol. The van der Waals surface area contributed by atoms with Gasteiger partial charge in [-0.25, -0.2) is 4.98 Å². The molecule has 2 aliphatic rings. The van der Waals surface area contributed by atoms with Crippen molar-refractivity contribution < 1.29 is 9.53 Å². The Bertz CT molecular complexity index is 1270. The molecule has 34 heavy (non-hydrogen) atoms. The summed E-state index contributed by atoms with van der Waals surface area (Å²) < 4.78 is 7.83. The third kappa shape index (κ3) is 4.89. The number of thiazole rings is 1. The number of rotatable bonds is 5. The first-order valence-corrected chi connectivity index (χ1v) is 13.3. The third-order valence-electron chi connectivity index (χ3n) is 6.20. The number of nitrogens with one attached hydrogen (secondary N) is 1. The number of aromatic nitrogens is 2. The van der Waals surface area contributed by atoms with E-state index in [9.17, 15) is 9.59 Å². The first kappa shape index (κ1) is 23.1. The van der Waals surface area contributed by atoms with Crippen LogP contribution in [0.1, 0.15) is 18.0 Å². The fourth-order valence-corrected chi connectivity index (χ4v) is 6.37. The van der Waals surface area contributed by atoms with Crippen LogP contribution in [0.2, 0.25) is 0 Å². The van der Waals surface area contributed by atoms with E-state index in [4.69, 9.17) is 17.0 Å². The van der Waals surface area contributed by atoms with Crippen molar-refractivity contribution in [2.45, 2.75) is 18.9 Å². The summed E-state index contributed by atoms with van der Waals surface area (Å²) in [5.41, 5.74) is 2.94. The lowest BCUT2D eigenvalue weighted by Crippen LogP contribution is -2.48. The SMILES string of the molecule is COc1ccc(-c2csc(NC(=O)CSC(=S)N3C[C@@H]4C[C@@H](C3)c3cccc(=O)n3C4)n2)cc1. The largest absolute Gasteiger partial charge is 0.497 e. The summed E-state index contributed by atoms with van der Waals surface area (Å²) in [6, 6.07) is 13.2. The number of piperidine rings is 1. The van der Waals surface area contributed by atoms with Crippen molar-refractivity contribution in [3.8, 4) is 17.0 Å². The number of likely N-dealkylation sites (tertiary alicyclic amines) is 1. The Morgan fingerprint density at radius 2 is 2.06 bits per heavy atom. The van der Waals surface area contributed by atoms with E-state index in [0.29, 0.717) is 17.0 Å². The molecule has 1 fully saturated rings. The second-order valence-corrected chi connectivity index (χ2v) is 10.9. The molecule has 0 unspecified atom stereocenters. The van der Waals surface area contributed by atoms with Gasteiger partial charge in [-0.15, -0.1) is 11.3 Å². The number of benzene rings is 1. The van der Waals surface area contributed by atoms with Crippen LogP contribution < -0.4 is 15.6 Å². The lowest BCUT2D eigenvalue weighted by atomic mass is 9.83. The van der Waals surface area contributed by atoms with E-state index in [2.05, 4.69) is 15.2 Å². The minimum atomic E-state index is -0.128. The van der Waals surface area contributed by atoms with Crippen molar-refractivity contribution in [3.05, 3.63) is 63.9 Å². The van der Waals surface area contributed by atoms with Gasteiger partial charge in [-0.1, -0.05) is 30.0 Å². The van der Waals surface area contributed by atoms with Crippen molar-refractivity contribution in [3.63, 3.8) is 0 Å². The number of carbonyl (C=O) groups excluding carboxylic acids is 1. The predicted molar refractivity (Wildman–Crippen MR) is 141 cm³/mol. The normalized spacial score (nSPS) is 18.8. The molecule has 176 valence electrons. The average Bonchev–Trinajstić information content (AvgIpc) is 3.31. The highest BCUT2D eigenvalue weighted by Gasteiger charge is 2.35. The van der Waals surface area contributed by atoms with E-state index < -0.39 is 0 Å². The number of pyridine rings is 1. The minimum absolute atomic E-state index is 0.0756. The summed E-state index contributed by atoms with van der Waals surface area (Å²) in [5.74, 6) is 1.58. The van der Waals surface area contributed by atoms with E-state index in [1.54, 1.807) is 13.2 Å². The monoisotopic (exact) mass is 512 g/mol. The number of methoxy groups -OCH3 is 1. The van der Waals surface area contributed by atoms with Crippen LogP contribution in [0.5, 0.6) is 5.75 Å². The number of hydrogen-bond acceptors (Lipinski definition) is 7. The summed E-state index contributed by atoms with van der Waals surface area (Å²) in [6.07, 6.45) is 1.08. The van der Waals surface area contributed by atoms with E-state index in [1.165, 1.54) is 23.1 Å². The van der Waals surface area contributed by atoms with Crippen LogP contribution in [0.25, 0.3) is 11.3 Å². The van der Waals surface area contributed by atoms with E-state index in [1.807, 2.05) is 46.3 Å². The molecule has 7 nitrogen and oxygen atoms in total. The summed E-state index contributed by atoms with van der Waals surface area (Å²) in [7, 11) is 1.63. The summed E-state index contributed by atoms with van der Waals surface area (Å²) >= 11 is 8.44. The van der Waals surface area contributed by atoms with Crippen LogP contribution in [-0.2, 0) is 11.3 Å². The lowest BCUT2D eigenvalue weighted by molar-refractivity contribution is -0.113. The number of anilines is 1. The van der Waals surface area contributed by atoms with Crippen LogP contribution in [-0.4, -0.2) is 50.6 Å². The molecule has 2 aromatic heterocycles. The van der Waals surface area contributed by atoms with Gasteiger partial charge in [0.2, 0.25) is 5.91 Å². The maximum Gasteiger partial charge on any atom is 0.250 e. The molecule has 0 saturated carbocycles. The minimum Gasteiger partial charge on any atom is -0.497 e. The summed E-state index contributed by atoms with van der Waals surface area (Å²) in [4.78, 5) is 31.5. The van der Waals surface area contributed by atoms with Gasteiger partial charge in [0.15, 0.2) is 5.13 Å². The van der Waals surface area contributed by atoms with Crippen LogP contribution in [0, 0.1) is 5.92 Å². The number of ether oxygens (including phenoxy) is 1. The number of thiocarbonyl (C=S) groups is 1. The number of thioether (sulfide) groups is 1. The second kappa shape index (κ2) is 9.89. The van der Waals surface area contributed by atoms with Crippen molar-refractivity contribution in [2.24, 2.45) is 5.92 Å². The fourth-order valence-electron chi connectivity index (χ4n) is 4.64. The van der Waals surface area contributed by atoms with Crippen LogP contribution in [0.15, 0.2) is 52.6 Å². The summed E-state index contributed by atoms with van der Waals surface area (Å²) in [6.45, 7) is 2.34. The van der Waals surface area contributed by atoms with Gasteiger partial charge < -0.3 is 19.5 Å². The van der Waals surface area contributed by atoms with E-state index in [0.717, 1.165) is 53.1 Å². The Morgan fingerprint density at radius 1 is 1.24 bits per heavy atom. The molecule has 1 N–H and O–H groups in total. The zero-order valence-corrected chi connectivity index (χ0v) is 21.0. The van der Waals surface area contributed by atoms with E-state index in [-0.39, 0.29) is 17.2 Å². The molecule has 4 heterocycles. The number of amides is 1. The third-order valence-corrected chi connectivity index (χ3v) is 8.48. The molecule has 1 amide bonds. The van der Waals surface area contributed by atoms with Crippen molar-refractivity contribution in [2.75, 3.05) is 31.3 Å². The maximum atomic E-state index is 12.5. The number of carbonyl (C=O) groups is 1. The molecule has 0 radical (unpaired) electrons. The zero-order chi connectivity index (χ0) is 23.7. The van der Waals surface area contributed by atoms with Crippen LogP contribution >= 0.6 is 35.3 Å². The Balaban J connectivity index is 1.15. The first-order valence-electron chi connectivity index (χ1n) is 11.0. The van der Waals surface area contributed by atoms with Crippen LogP contribution in [0.3, 0.4) is 0 Å². The zero-order valence-electron chi connectivity index (χ0n) is 18.6. The predicted octanol–water partition coefficient (Wildman–Crippen LogP) is 4.06. The molecule has 0 aliphatic carbocycles. The number of hydrogen-bond donors (Lipinski definition) is 1. The topological polar surface area (TPSA) is 76.5 Å². The molecule has 3 aromatic rings. The van der Waals surface area contributed by atoms with Gasteiger partial charge in [-0.2, -0.15) is 0 Å². The number of nitrogens with zero attached hydrogens (tertiary/aromatic N) is 3. The fraction of sp³-hybridized carbons (Fsp3) is 0.333. The molecule has 10 heteroatoms. The van der Waals surface area contributed by atoms with E-state index >= 15 is 0 Å². The molecule has 1 aromatic carbocycles. The molecule has 2 bridgehead atoms. The Kier molecular flexibility index (Phi) is 6.71. The van der Waals surface area contributed by atoms with Gasteiger partial charge >= 0.3 is 0 Å². The van der Waals surface area contributed by atoms with Gasteiger partial charge in [-0.05, 0) is 42.7 Å². The first-order chi connectivity index (χ1) is 16.5. The van der Waals surface area contributed by atoms with Gasteiger partial charge in [0.25, 0.3) is 5.56 Å². The van der Waals surface area contributed by atoms with Crippen LogP contribution in [0.4, 0.5) is 5.13 Å². The quantitative estimate of drug-likeness (QED) is 0.517. The van der Waals surface area contributed by atoms with Crippen molar-refractivity contribution in [1.29, 1.82) is 0 Å². The average molecular weight is 513 g/mol. The molecule has 2 aliphatic heterocycles. The molecular formula is C24H24N4O3S3. The van der Waals surface area contributed by atoms with Gasteiger partial charge in [0.05, 0.1) is 18.6 Å². The second-order valence-electron chi connectivity index (χ2n) is 8.47. The van der Waals surface area contributed by atoms with Gasteiger partial charge in [0.1, 0.15) is 10.1 Å². The van der Waals surface area contributed by atoms with Crippen molar-refractivity contribution >= 4 is 50.7 Å². The highest BCUT2D eigenvalue weighted by Crippen LogP contribution is 2.36. The lowest BCUT2D eigenvalue weighted by Gasteiger charge is -2.43. The molecule has 5 rings (SSSR count). The Hall–Kier alpha value is -2.69. The number of fused-ring (bicyclic) bond motifs is 4. The Morgan fingerprint density at radius 3 is 2.85 bits per heavy atom. The summed E-state index contributed by atoms with van der Waals surface area (Å²) in [5, 5.41) is 5.37. The Labute approximate surface area is 211 Å². The van der Waals surface area contributed by atoms with Gasteiger partial charge in [0, 0.05) is 48.3 Å². The highest BCUT2D eigenvalue weighted by molar-refractivity contribution is 8.23. The highest BCUT2D eigenvalue weighted by atomic mass is 32.2. The maximum absolute atomic E-state index is 12.5. The molecule has 0 spiro atoms. The molecule has 1 saturated heterocycles. The molecule has 2 atom stereocenters.